The van der Waals surface area contributed by atoms with E-state index in [4.69, 9.17) is 8.83 Å². The summed E-state index contributed by atoms with van der Waals surface area (Å²) in [7, 11) is 0. The molecule has 2 aliphatic carbocycles. The lowest BCUT2D eigenvalue weighted by Gasteiger charge is -2.44. The predicted octanol–water partition coefficient (Wildman–Crippen LogP) is 20.4. The number of hydrogen-bond donors (Lipinski definition) is 0. The van der Waals surface area contributed by atoms with Gasteiger partial charge in [-0.1, -0.05) is 164 Å². The highest BCUT2D eigenvalue weighted by atomic mass is 32.1. The summed E-state index contributed by atoms with van der Waals surface area (Å²) in [6.45, 7) is 33.1. The van der Waals surface area contributed by atoms with E-state index in [1.54, 1.807) is 0 Å². The summed E-state index contributed by atoms with van der Waals surface area (Å²) in [6.07, 6.45) is 4.59. The number of benzene rings is 8. The maximum Gasteiger partial charge on any atom is 0.376 e. The molecule has 4 aliphatic rings. The number of hydrogen-bond acceptors (Lipinski definition) is 5. The van der Waals surface area contributed by atoms with Gasteiger partial charge in [-0.15, -0.1) is 11.3 Å². The van der Waals surface area contributed by atoms with Crippen molar-refractivity contribution in [3.05, 3.63) is 173 Å². The van der Waals surface area contributed by atoms with Crippen LogP contribution in [0.1, 0.15) is 156 Å². The van der Waals surface area contributed by atoms with Crippen LogP contribution < -0.4 is 20.8 Å². The predicted molar refractivity (Wildman–Crippen MR) is 344 cm³/mol. The molecule has 0 fully saturated rings. The van der Waals surface area contributed by atoms with Gasteiger partial charge in [0.15, 0.2) is 5.58 Å². The van der Waals surface area contributed by atoms with Gasteiger partial charge in [-0.3, -0.25) is 0 Å². The summed E-state index contributed by atoms with van der Waals surface area (Å²) in [5.41, 5.74) is 23.6. The molecule has 0 spiro atoms. The zero-order valence-electron chi connectivity index (χ0n) is 49.3. The zero-order chi connectivity index (χ0) is 55.5. The first-order chi connectivity index (χ1) is 37.9. The van der Waals surface area contributed by atoms with E-state index in [1.807, 2.05) is 11.3 Å². The first-order valence-corrected chi connectivity index (χ1v) is 30.2. The number of thiophene rings is 1. The molecule has 2 aliphatic heterocycles. The van der Waals surface area contributed by atoms with Gasteiger partial charge in [0.1, 0.15) is 16.8 Å². The third-order valence-corrected chi connectivity index (χ3v) is 21.0. The van der Waals surface area contributed by atoms with Crippen LogP contribution >= 0.6 is 11.3 Å². The van der Waals surface area contributed by atoms with Crippen LogP contribution in [0, 0.1) is 0 Å². The lowest BCUT2D eigenvalue weighted by Crippen LogP contribution is -2.61. The average Bonchev–Trinajstić information content (AvgIpc) is 2.24. The van der Waals surface area contributed by atoms with Gasteiger partial charge in [0.2, 0.25) is 0 Å². The van der Waals surface area contributed by atoms with Crippen LogP contribution in [0.2, 0.25) is 0 Å². The van der Waals surface area contributed by atoms with Crippen LogP contribution in [0.15, 0.2) is 148 Å². The molecule has 0 radical (unpaired) electrons. The Hall–Kier alpha value is -7.02. The second-order valence-corrected chi connectivity index (χ2v) is 30.1. The molecule has 0 saturated carbocycles. The van der Waals surface area contributed by atoms with Crippen molar-refractivity contribution < 1.29 is 8.83 Å². The number of rotatable bonds is 3. The van der Waals surface area contributed by atoms with Crippen molar-refractivity contribution in [1.29, 1.82) is 0 Å². The Morgan fingerprint density at radius 3 is 1.68 bits per heavy atom. The fourth-order valence-corrected chi connectivity index (χ4v) is 15.9. The Bertz CT molecular complexity index is 4450. The number of para-hydroxylation sites is 1. The third kappa shape index (κ3) is 7.12. The Morgan fingerprint density at radius 2 is 1.01 bits per heavy atom. The first kappa shape index (κ1) is 50.0. The minimum absolute atomic E-state index is 0.0170. The normalized spacial score (nSPS) is 17.8. The van der Waals surface area contributed by atoms with Gasteiger partial charge in [-0.05, 0) is 181 Å². The topological polar surface area (TPSA) is 32.8 Å². The second kappa shape index (κ2) is 16.3. The molecule has 400 valence electrons. The smallest absolute Gasteiger partial charge is 0.376 e. The van der Waals surface area contributed by atoms with Crippen LogP contribution in [0.3, 0.4) is 0 Å². The van der Waals surface area contributed by atoms with E-state index < -0.39 is 0 Å². The van der Waals surface area contributed by atoms with Crippen LogP contribution in [0.25, 0.3) is 75.3 Å². The van der Waals surface area contributed by atoms with E-state index in [9.17, 15) is 0 Å². The summed E-state index contributed by atoms with van der Waals surface area (Å²) < 4.78 is 18.0. The summed E-state index contributed by atoms with van der Waals surface area (Å²) in [5.74, 6) is 0. The molecule has 5 heterocycles. The van der Waals surface area contributed by atoms with Gasteiger partial charge < -0.3 is 18.5 Å². The largest absolute Gasteiger partial charge is 0.466 e. The Labute approximate surface area is 476 Å². The fraction of sp³-hybridized carbons (Fsp3) is 0.324. The number of nitrogens with zero attached hydrogens (tertiary/aromatic N) is 2. The van der Waals surface area contributed by atoms with E-state index >= 15 is 0 Å². The first-order valence-electron chi connectivity index (χ1n) is 29.4. The SMILES string of the molecule is CC(C)(C)c1ccc(N2B3c4oc5cc6c(cc5c4N(c4ccc(C(C)(C)C)cc4-c4ccccc4)c4c3c(cc3c4oc4ccccc43)-c3cc4c(cc32)sc2cc3c(cc24)C(C)(C)CCC3(C)C)C(C)(C)CCC6(C)C)cc1. The molecular weight excluding hydrogens is 992 g/mol. The van der Waals surface area contributed by atoms with Gasteiger partial charge in [0, 0.05) is 58.8 Å². The van der Waals surface area contributed by atoms with Crippen molar-refractivity contribution in [2.45, 2.75) is 155 Å². The maximum atomic E-state index is 7.88. The van der Waals surface area contributed by atoms with E-state index in [1.165, 1.54) is 99.8 Å². The highest BCUT2D eigenvalue weighted by Gasteiger charge is 2.51. The third-order valence-electron chi connectivity index (χ3n) is 19.9. The molecular formula is C74H73BN2O2S. The monoisotopic (exact) mass is 1060 g/mol. The van der Waals surface area contributed by atoms with Gasteiger partial charge in [0.05, 0.1) is 17.1 Å². The minimum Gasteiger partial charge on any atom is -0.466 e. The van der Waals surface area contributed by atoms with Crippen molar-refractivity contribution in [3.63, 3.8) is 0 Å². The molecule has 80 heavy (non-hydrogen) atoms. The van der Waals surface area contributed by atoms with Crippen molar-refractivity contribution in [3.8, 4) is 22.3 Å². The molecule has 0 saturated heterocycles. The molecule has 0 N–H and O–H groups in total. The molecule has 4 nitrogen and oxygen atoms in total. The van der Waals surface area contributed by atoms with E-state index in [0.717, 1.165) is 74.2 Å². The van der Waals surface area contributed by atoms with Crippen molar-refractivity contribution >= 4 is 111 Å². The number of anilines is 5. The zero-order valence-corrected chi connectivity index (χ0v) is 50.1. The molecule has 8 aromatic carbocycles. The second-order valence-electron chi connectivity index (χ2n) is 29.0. The number of fused-ring (bicyclic) bond motifs is 15. The molecule has 3 aromatic heterocycles. The minimum atomic E-state index is -0.364. The van der Waals surface area contributed by atoms with Crippen molar-refractivity contribution in [1.82, 2.24) is 0 Å². The van der Waals surface area contributed by atoms with Crippen LogP contribution in [-0.2, 0) is 32.5 Å². The Morgan fingerprint density at radius 1 is 0.450 bits per heavy atom. The van der Waals surface area contributed by atoms with Crippen molar-refractivity contribution in [2.24, 2.45) is 0 Å². The van der Waals surface area contributed by atoms with Gasteiger partial charge in [-0.2, -0.15) is 0 Å². The lowest BCUT2D eigenvalue weighted by atomic mass is 9.45. The molecule has 0 atom stereocenters. The molecule has 0 unspecified atom stereocenters. The quantitative estimate of drug-likeness (QED) is 0.165. The molecule has 6 heteroatoms. The fourth-order valence-electron chi connectivity index (χ4n) is 14.8. The van der Waals surface area contributed by atoms with E-state index in [2.05, 4.69) is 246 Å². The van der Waals surface area contributed by atoms with E-state index in [-0.39, 0.29) is 39.3 Å². The summed E-state index contributed by atoms with van der Waals surface area (Å²) in [4.78, 5) is 5.25. The number of furan rings is 2. The Kier molecular flexibility index (Phi) is 10.2. The highest BCUT2D eigenvalue weighted by molar-refractivity contribution is 7.26. The molecule has 0 bridgehead atoms. The summed E-state index contributed by atoms with van der Waals surface area (Å²) >= 11 is 1.95. The maximum absolute atomic E-state index is 7.88. The van der Waals surface area contributed by atoms with E-state index in [0.29, 0.717) is 0 Å². The summed E-state index contributed by atoms with van der Waals surface area (Å²) in [5, 5.41) is 6.03. The van der Waals surface area contributed by atoms with Crippen LogP contribution in [-0.4, -0.2) is 6.85 Å². The molecule has 15 rings (SSSR count). The Balaban J connectivity index is 1.13. The van der Waals surface area contributed by atoms with Crippen molar-refractivity contribution in [2.75, 3.05) is 9.71 Å². The molecule has 11 aromatic rings. The van der Waals surface area contributed by atoms with Crippen LogP contribution in [0.5, 0.6) is 0 Å². The van der Waals surface area contributed by atoms with Gasteiger partial charge in [0.25, 0.3) is 0 Å². The molecule has 0 amide bonds. The lowest BCUT2D eigenvalue weighted by molar-refractivity contribution is 0.332. The van der Waals surface area contributed by atoms with Gasteiger partial charge in [-0.25, -0.2) is 0 Å². The standard InChI is InChI=1S/C74H73BN2O2S/c1-69(2,3)43-24-27-45(28-25-43)77-59-41-63-49(50-37-54-57(40-62(50)80-63)74(13,14)33-31-71(54,7)8)35-48(59)51-36-52-46-22-18-19-23-60(46)78-67(52)66-64(51)75(77)68-65(53-38-55-56(39-61(53)79-68)73(11,12)32-30-72(55,9)10)76(66)58-29-26-44(70(4,5)6)34-47(58)42-20-16-15-17-21-42/h15-29,34-41H,30-33H2,1-14H3. The highest BCUT2D eigenvalue weighted by Crippen LogP contribution is 2.58. The van der Waals surface area contributed by atoms with Gasteiger partial charge >= 0.3 is 6.85 Å². The summed E-state index contributed by atoms with van der Waals surface area (Å²) in [6, 6.07) is 54.1. The average molecular weight is 1070 g/mol. The van der Waals surface area contributed by atoms with Crippen LogP contribution in [0.4, 0.5) is 28.4 Å².